The van der Waals surface area contributed by atoms with Crippen LogP contribution in [0.1, 0.15) is 5.56 Å². The summed E-state index contributed by atoms with van der Waals surface area (Å²) >= 11 is 0. The van der Waals surface area contributed by atoms with Crippen LogP contribution in [0.3, 0.4) is 0 Å². The van der Waals surface area contributed by atoms with Gasteiger partial charge in [-0.05, 0) is 36.2 Å². The van der Waals surface area contributed by atoms with Crippen molar-refractivity contribution in [3.05, 3.63) is 88.7 Å². The third-order valence-electron chi connectivity index (χ3n) is 4.38. The number of rotatable bonds is 6. The first-order chi connectivity index (χ1) is 13.7. The molecule has 0 aliphatic heterocycles. The van der Waals surface area contributed by atoms with Gasteiger partial charge in [-0.3, -0.25) is 15.1 Å². The van der Waals surface area contributed by atoms with E-state index in [4.69, 9.17) is 0 Å². The highest BCUT2D eigenvalue weighted by Crippen LogP contribution is 2.24. The highest BCUT2D eigenvalue weighted by atomic mass is 16.6. The molecule has 0 saturated carbocycles. The van der Waals surface area contributed by atoms with Crippen molar-refractivity contribution < 1.29 is 4.92 Å². The van der Waals surface area contributed by atoms with E-state index in [0.717, 1.165) is 34.3 Å². The first kappa shape index (κ1) is 17.5. The summed E-state index contributed by atoms with van der Waals surface area (Å²) in [6, 6.07) is 18.2. The monoisotopic (exact) mass is 371 g/mol. The fourth-order valence-electron chi connectivity index (χ4n) is 2.95. The summed E-state index contributed by atoms with van der Waals surface area (Å²) in [6.45, 7) is 0.644. The number of nitro benzene ring substituents is 1. The number of para-hydroxylation sites is 1. The van der Waals surface area contributed by atoms with Gasteiger partial charge in [0.2, 0.25) is 0 Å². The van der Waals surface area contributed by atoms with Crippen LogP contribution >= 0.6 is 0 Å². The van der Waals surface area contributed by atoms with E-state index >= 15 is 0 Å². The maximum Gasteiger partial charge on any atom is 0.269 e. The highest BCUT2D eigenvalue weighted by molar-refractivity contribution is 5.90. The number of aromatic nitrogens is 3. The predicted molar refractivity (Wildman–Crippen MR) is 108 cm³/mol. The molecule has 7 heteroatoms. The van der Waals surface area contributed by atoms with Gasteiger partial charge in [0.05, 0.1) is 10.4 Å². The van der Waals surface area contributed by atoms with Gasteiger partial charge in [0.25, 0.3) is 5.69 Å². The topological polar surface area (TPSA) is 93.8 Å². The van der Waals surface area contributed by atoms with E-state index in [2.05, 4.69) is 20.3 Å². The number of nitro groups is 1. The van der Waals surface area contributed by atoms with Crippen molar-refractivity contribution in [3.8, 4) is 11.4 Å². The van der Waals surface area contributed by atoms with Gasteiger partial charge >= 0.3 is 0 Å². The fourth-order valence-corrected chi connectivity index (χ4v) is 2.95. The molecule has 0 unspecified atom stereocenters. The summed E-state index contributed by atoms with van der Waals surface area (Å²) in [5.41, 5.74) is 2.82. The van der Waals surface area contributed by atoms with Gasteiger partial charge in [-0.15, -0.1) is 0 Å². The Morgan fingerprint density at radius 3 is 2.54 bits per heavy atom. The van der Waals surface area contributed by atoms with Crippen LogP contribution in [0.5, 0.6) is 0 Å². The van der Waals surface area contributed by atoms with E-state index in [-0.39, 0.29) is 5.69 Å². The van der Waals surface area contributed by atoms with E-state index in [1.54, 1.807) is 24.5 Å². The first-order valence-corrected chi connectivity index (χ1v) is 8.85. The third-order valence-corrected chi connectivity index (χ3v) is 4.38. The van der Waals surface area contributed by atoms with Crippen molar-refractivity contribution in [2.75, 3.05) is 11.9 Å². The predicted octanol–water partition coefficient (Wildman–Crippen LogP) is 4.25. The van der Waals surface area contributed by atoms with E-state index in [0.29, 0.717) is 12.4 Å². The van der Waals surface area contributed by atoms with Crippen molar-refractivity contribution in [1.82, 2.24) is 15.0 Å². The zero-order valence-electron chi connectivity index (χ0n) is 14.9. The normalized spacial score (nSPS) is 10.7. The minimum absolute atomic E-state index is 0.0969. The minimum Gasteiger partial charge on any atom is -0.369 e. The molecule has 4 aromatic rings. The number of non-ortho nitro benzene ring substituents is 1. The molecule has 0 bridgehead atoms. The van der Waals surface area contributed by atoms with Crippen LogP contribution in [0.4, 0.5) is 11.5 Å². The summed E-state index contributed by atoms with van der Waals surface area (Å²) in [5.74, 6) is 1.37. The first-order valence-electron chi connectivity index (χ1n) is 8.85. The Kier molecular flexibility index (Phi) is 4.88. The van der Waals surface area contributed by atoms with Crippen LogP contribution in [0, 0.1) is 10.1 Å². The van der Waals surface area contributed by atoms with Crippen LogP contribution in [0.25, 0.3) is 22.3 Å². The maximum absolute atomic E-state index is 10.8. The number of hydrogen-bond acceptors (Lipinski definition) is 6. The van der Waals surface area contributed by atoms with E-state index in [1.807, 2.05) is 36.4 Å². The molecule has 0 radical (unpaired) electrons. The molecule has 4 rings (SSSR count). The summed E-state index contributed by atoms with van der Waals surface area (Å²) in [7, 11) is 0. The van der Waals surface area contributed by atoms with Gasteiger partial charge in [-0.1, -0.05) is 24.3 Å². The second-order valence-corrected chi connectivity index (χ2v) is 6.26. The number of hydrogen-bond donors (Lipinski definition) is 1. The Balaban J connectivity index is 1.56. The quantitative estimate of drug-likeness (QED) is 0.402. The molecule has 2 heterocycles. The lowest BCUT2D eigenvalue weighted by Gasteiger charge is -2.11. The zero-order valence-corrected chi connectivity index (χ0v) is 14.9. The fraction of sp³-hybridized carbons (Fsp3) is 0.0952. The Hall–Kier alpha value is -3.87. The summed E-state index contributed by atoms with van der Waals surface area (Å²) in [5, 5.41) is 15.1. The molecule has 1 N–H and O–H groups in total. The number of fused-ring (bicyclic) bond motifs is 1. The molecule has 2 aromatic heterocycles. The summed E-state index contributed by atoms with van der Waals surface area (Å²) in [6.07, 6.45) is 4.18. The van der Waals surface area contributed by atoms with E-state index in [1.165, 1.54) is 12.1 Å². The molecule has 28 heavy (non-hydrogen) atoms. The molecule has 0 atom stereocenters. The average molecular weight is 371 g/mol. The van der Waals surface area contributed by atoms with Gasteiger partial charge in [-0.2, -0.15) is 0 Å². The molecule has 0 aliphatic carbocycles. The zero-order chi connectivity index (χ0) is 19.3. The van der Waals surface area contributed by atoms with Gasteiger partial charge in [0.15, 0.2) is 5.82 Å². The van der Waals surface area contributed by atoms with Crippen LogP contribution < -0.4 is 5.32 Å². The second kappa shape index (κ2) is 7.79. The minimum atomic E-state index is -0.394. The molecule has 0 spiro atoms. The Bertz CT molecular complexity index is 1110. The lowest BCUT2D eigenvalue weighted by molar-refractivity contribution is -0.384. The molecule has 0 fully saturated rings. The second-order valence-electron chi connectivity index (χ2n) is 6.26. The van der Waals surface area contributed by atoms with Crippen molar-refractivity contribution in [2.24, 2.45) is 0 Å². The van der Waals surface area contributed by atoms with Gasteiger partial charge in [0.1, 0.15) is 5.82 Å². The van der Waals surface area contributed by atoms with Gasteiger partial charge in [-0.25, -0.2) is 9.97 Å². The molecule has 7 nitrogen and oxygen atoms in total. The van der Waals surface area contributed by atoms with Crippen LogP contribution in [0.2, 0.25) is 0 Å². The van der Waals surface area contributed by atoms with Crippen molar-refractivity contribution >= 4 is 22.4 Å². The van der Waals surface area contributed by atoms with Crippen LogP contribution in [-0.2, 0) is 6.42 Å². The van der Waals surface area contributed by atoms with Crippen molar-refractivity contribution in [3.63, 3.8) is 0 Å². The summed E-state index contributed by atoms with van der Waals surface area (Å²) < 4.78 is 0. The molecule has 2 aromatic carbocycles. The largest absolute Gasteiger partial charge is 0.369 e. The van der Waals surface area contributed by atoms with Crippen LogP contribution in [0.15, 0.2) is 73.1 Å². The third kappa shape index (κ3) is 3.78. The number of anilines is 1. The Labute approximate surface area is 161 Å². The number of pyridine rings is 1. The van der Waals surface area contributed by atoms with E-state index in [9.17, 15) is 10.1 Å². The Morgan fingerprint density at radius 1 is 0.964 bits per heavy atom. The van der Waals surface area contributed by atoms with E-state index < -0.39 is 4.92 Å². The molecule has 138 valence electrons. The molecule has 0 amide bonds. The average Bonchev–Trinajstić information content (AvgIpc) is 2.74. The van der Waals surface area contributed by atoms with Crippen molar-refractivity contribution in [1.29, 1.82) is 0 Å². The Morgan fingerprint density at radius 2 is 1.79 bits per heavy atom. The standard InChI is InChI=1S/C21H17N5O2/c27-26(28)17-9-7-15(8-10-17)11-13-23-21-18-5-1-2-6-19(18)24-20(25-21)16-4-3-12-22-14-16/h1-10,12,14H,11,13H2,(H,23,24,25). The maximum atomic E-state index is 10.8. The van der Waals surface area contributed by atoms with Crippen molar-refractivity contribution in [2.45, 2.75) is 6.42 Å². The number of nitrogens with zero attached hydrogens (tertiary/aromatic N) is 4. The molecular weight excluding hydrogens is 354 g/mol. The van der Waals surface area contributed by atoms with Gasteiger partial charge < -0.3 is 5.32 Å². The number of nitrogens with one attached hydrogen (secondary N) is 1. The molecule has 0 aliphatic rings. The SMILES string of the molecule is O=[N+]([O-])c1ccc(CCNc2nc(-c3cccnc3)nc3ccccc23)cc1. The summed E-state index contributed by atoms with van der Waals surface area (Å²) in [4.78, 5) is 23.8. The highest BCUT2D eigenvalue weighted by Gasteiger charge is 2.09. The smallest absolute Gasteiger partial charge is 0.269 e. The molecular formula is C21H17N5O2. The lowest BCUT2D eigenvalue weighted by atomic mass is 10.1. The molecule has 0 saturated heterocycles. The number of benzene rings is 2. The van der Waals surface area contributed by atoms with Gasteiger partial charge in [0, 0.05) is 42.0 Å². The van der Waals surface area contributed by atoms with Crippen LogP contribution in [-0.4, -0.2) is 26.4 Å². The lowest BCUT2D eigenvalue weighted by Crippen LogP contribution is -2.08.